The summed E-state index contributed by atoms with van der Waals surface area (Å²) < 4.78 is 0. The third-order valence-corrected chi connectivity index (χ3v) is 5.75. The van der Waals surface area contributed by atoms with Crippen molar-refractivity contribution in [1.29, 1.82) is 0 Å². The predicted octanol–water partition coefficient (Wildman–Crippen LogP) is 4.78. The molecule has 1 N–H and O–H groups in total. The van der Waals surface area contributed by atoms with Crippen molar-refractivity contribution < 1.29 is 5.11 Å². The summed E-state index contributed by atoms with van der Waals surface area (Å²) in [7, 11) is 0. The van der Waals surface area contributed by atoms with Gasteiger partial charge in [-0.15, -0.1) is 0 Å². The summed E-state index contributed by atoms with van der Waals surface area (Å²) in [6.45, 7) is 4.30. The first kappa shape index (κ1) is 14.4. The van der Waals surface area contributed by atoms with Crippen LogP contribution in [-0.2, 0) is 0 Å². The Morgan fingerprint density at radius 3 is 1.83 bits per heavy atom. The average molecular weight is 252 g/mol. The molecule has 2 aliphatic rings. The van der Waals surface area contributed by atoms with Crippen LogP contribution in [0.25, 0.3) is 0 Å². The molecule has 1 unspecified atom stereocenters. The maximum absolute atomic E-state index is 9.67. The van der Waals surface area contributed by atoms with Crippen molar-refractivity contribution in [3.05, 3.63) is 0 Å². The largest absolute Gasteiger partial charge is 0.393 e. The zero-order valence-corrected chi connectivity index (χ0v) is 12.4. The minimum Gasteiger partial charge on any atom is -0.393 e. The van der Waals surface area contributed by atoms with E-state index in [-0.39, 0.29) is 6.10 Å². The quantitative estimate of drug-likeness (QED) is 0.763. The normalized spacial score (nSPS) is 39.5. The number of hydrogen-bond donors (Lipinski definition) is 1. The summed E-state index contributed by atoms with van der Waals surface area (Å²) in [6.07, 6.45) is 14.1. The van der Waals surface area contributed by atoms with E-state index in [0.29, 0.717) is 5.92 Å². The van der Waals surface area contributed by atoms with Crippen LogP contribution in [0.2, 0.25) is 0 Å². The van der Waals surface area contributed by atoms with Crippen LogP contribution < -0.4 is 0 Å². The Balaban J connectivity index is 1.71. The van der Waals surface area contributed by atoms with Crippen molar-refractivity contribution in [3.8, 4) is 0 Å². The van der Waals surface area contributed by atoms with E-state index < -0.39 is 0 Å². The summed E-state index contributed by atoms with van der Waals surface area (Å²) in [5.74, 6) is 3.65. The second-order valence-corrected chi connectivity index (χ2v) is 6.98. The number of aliphatic hydroxyl groups is 1. The van der Waals surface area contributed by atoms with Crippen LogP contribution in [0.15, 0.2) is 0 Å². The SMILES string of the molecule is CCCC1CCC([C@H]2CC[C@H](C(C)O)CC2)CC1. The third-order valence-electron chi connectivity index (χ3n) is 5.75. The van der Waals surface area contributed by atoms with Gasteiger partial charge < -0.3 is 5.11 Å². The Morgan fingerprint density at radius 1 is 0.889 bits per heavy atom. The second kappa shape index (κ2) is 6.93. The monoisotopic (exact) mass is 252 g/mol. The van der Waals surface area contributed by atoms with E-state index in [4.69, 9.17) is 0 Å². The Labute approximate surface area is 113 Å². The molecular formula is C17H32O. The lowest BCUT2D eigenvalue weighted by Gasteiger charge is -2.38. The molecule has 0 saturated heterocycles. The van der Waals surface area contributed by atoms with E-state index in [1.165, 1.54) is 64.2 Å². The van der Waals surface area contributed by atoms with Crippen LogP contribution in [-0.4, -0.2) is 11.2 Å². The van der Waals surface area contributed by atoms with Crippen molar-refractivity contribution in [1.82, 2.24) is 0 Å². The van der Waals surface area contributed by atoms with Gasteiger partial charge in [-0.3, -0.25) is 0 Å². The first-order chi connectivity index (χ1) is 8.70. The minimum atomic E-state index is -0.0776. The fourth-order valence-corrected chi connectivity index (χ4v) is 4.46. The molecule has 0 aliphatic heterocycles. The van der Waals surface area contributed by atoms with Gasteiger partial charge in [0.15, 0.2) is 0 Å². The molecule has 0 amide bonds. The zero-order chi connectivity index (χ0) is 13.0. The molecule has 2 saturated carbocycles. The molecule has 0 spiro atoms. The number of aliphatic hydroxyl groups excluding tert-OH is 1. The lowest BCUT2D eigenvalue weighted by atomic mass is 9.68. The molecule has 1 heteroatoms. The molecule has 0 bridgehead atoms. The van der Waals surface area contributed by atoms with E-state index in [1.807, 2.05) is 6.92 Å². The molecular weight excluding hydrogens is 220 g/mol. The van der Waals surface area contributed by atoms with Gasteiger partial charge >= 0.3 is 0 Å². The van der Waals surface area contributed by atoms with E-state index in [0.717, 1.165) is 17.8 Å². The zero-order valence-electron chi connectivity index (χ0n) is 12.4. The summed E-state index contributed by atoms with van der Waals surface area (Å²) in [6, 6.07) is 0. The molecule has 0 aromatic carbocycles. The molecule has 0 radical (unpaired) electrons. The summed E-state index contributed by atoms with van der Waals surface area (Å²) >= 11 is 0. The van der Waals surface area contributed by atoms with Gasteiger partial charge in [-0.05, 0) is 69.1 Å². The summed E-state index contributed by atoms with van der Waals surface area (Å²) in [5.41, 5.74) is 0. The van der Waals surface area contributed by atoms with Crippen molar-refractivity contribution in [2.24, 2.45) is 23.7 Å². The van der Waals surface area contributed by atoms with Crippen molar-refractivity contribution in [2.45, 2.75) is 84.2 Å². The van der Waals surface area contributed by atoms with Crippen LogP contribution >= 0.6 is 0 Å². The maximum atomic E-state index is 9.67. The maximum Gasteiger partial charge on any atom is 0.0540 e. The molecule has 0 aromatic heterocycles. The van der Waals surface area contributed by atoms with Crippen molar-refractivity contribution in [2.75, 3.05) is 0 Å². The Bertz CT molecular complexity index is 220. The lowest BCUT2D eigenvalue weighted by Crippen LogP contribution is -2.29. The van der Waals surface area contributed by atoms with Gasteiger partial charge in [0.05, 0.1) is 6.10 Å². The Hall–Kier alpha value is -0.0400. The van der Waals surface area contributed by atoms with Crippen LogP contribution in [0.1, 0.15) is 78.1 Å². The van der Waals surface area contributed by atoms with E-state index >= 15 is 0 Å². The molecule has 1 nitrogen and oxygen atoms in total. The van der Waals surface area contributed by atoms with Crippen LogP contribution in [0, 0.1) is 23.7 Å². The highest BCUT2D eigenvalue weighted by Crippen LogP contribution is 2.42. The molecule has 2 aliphatic carbocycles. The Morgan fingerprint density at radius 2 is 1.39 bits per heavy atom. The predicted molar refractivity (Wildman–Crippen MR) is 77.5 cm³/mol. The average Bonchev–Trinajstić information content (AvgIpc) is 2.40. The van der Waals surface area contributed by atoms with E-state index in [2.05, 4.69) is 6.92 Å². The number of rotatable bonds is 4. The second-order valence-electron chi connectivity index (χ2n) is 6.98. The van der Waals surface area contributed by atoms with Crippen LogP contribution in [0.5, 0.6) is 0 Å². The van der Waals surface area contributed by atoms with Gasteiger partial charge in [0.1, 0.15) is 0 Å². The molecule has 1 atom stereocenters. The molecule has 0 heterocycles. The summed E-state index contributed by atoms with van der Waals surface area (Å²) in [4.78, 5) is 0. The standard InChI is InChI=1S/C17H32O/c1-3-4-14-5-7-16(8-6-14)17-11-9-15(10-12-17)13(2)18/h13-18H,3-12H2,1-2H3/t13?,14?,15-,16?,17-. The molecule has 2 rings (SSSR count). The highest BCUT2D eigenvalue weighted by atomic mass is 16.3. The fourth-order valence-electron chi connectivity index (χ4n) is 4.46. The number of hydrogen-bond acceptors (Lipinski definition) is 1. The molecule has 0 aromatic rings. The van der Waals surface area contributed by atoms with Gasteiger partial charge in [0, 0.05) is 0 Å². The highest BCUT2D eigenvalue weighted by Gasteiger charge is 2.31. The molecule has 106 valence electrons. The van der Waals surface area contributed by atoms with E-state index in [1.54, 1.807) is 0 Å². The molecule has 18 heavy (non-hydrogen) atoms. The lowest BCUT2D eigenvalue weighted by molar-refractivity contribution is 0.0682. The first-order valence-electron chi connectivity index (χ1n) is 8.38. The Kier molecular flexibility index (Phi) is 5.54. The van der Waals surface area contributed by atoms with Gasteiger partial charge in [0.2, 0.25) is 0 Å². The summed E-state index contributed by atoms with van der Waals surface area (Å²) in [5, 5.41) is 9.67. The van der Waals surface area contributed by atoms with Crippen LogP contribution in [0.4, 0.5) is 0 Å². The van der Waals surface area contributed by atoms with E-state index in [9.17, 15) is 5.11 Å². The van der Waals surface area contributed by atoms with Crippen LogP contribution in [0.3, 0.4) is 0 Å². The topological polar surface area (TPSA) is 20.2 Å². The third kappa shape index (κ3) is 3.73. The highest BCUT2D eigenvalue weighted by molar-refractivity contribution is 4.83. The smallest absolute Gasteiger partial charge is 0.0540 e. The first-order valence-corrected chi connectivity index (χ1v) is 8.38. The van der Waals surface area contributed by atoms with Gasteiger partial charge in [0.25, 0.3) is 0 Å². The van der Waals surface area contributed by atoms with Crippen molar-refractivity contribution >= 4 is 0 Å². The van der Waals surface area contributed by atoms with Gasteiger partial charge in [-0.2, -0.15) is 0 Å². The van der Waals surface area contributed by atoms with Gasteiger partial charge in [-0.1, -0.05) is 32.6 Å². The molecule has 2 fully saturated rings. The fraction of sp³-hybridized carbons (Fsp3) is 1.00. The minimum absolute atomic E-state index is 0.0776. The van der Waals surface area contributed by atoms with Crippen molar-refractivity contribution in [3.63, 3.8) is 0 Å². The van der Waals surface area contributed by atoms with Gasteiger partial charge in [-0.25, -0.2) is 0 Å².